The van der Waals surface area contributed by atoms with E-state index in [1.807, 2.05) is 24.3 Å². The Bertz CT molecular complexity index is 986. The summed E-state index contributed by atoms with van der Waals surface area (Å²) in [4.78, 5) is 7.66. The number of fused-ring (bicyclic) bond motifs is 2. The van der Waals surface area contributed by atoms with E-state index in [1.165, 1.54) is 22.0 Å². The fourth-order valence-electron chi connectivity index (χ4n) is 3.56. The molecule has 4 rings (SSSR count). The lowest BCUT2D eigenvalue weighted by Gasteiger charge is -2.27. The summed E-state index contributed by atoms with van der Waals surface area (Å²) in [5, 5.41) is 8.02. The van der Waals surface area contributed by atoms with Gasteiger partial charge in [0.15, 0.2) is 17.5 Å². The molecule has 0 radical (unpaired) electrons. The van der Waals surface area contributed by atoms with Crippen LogP contribution in [-0.2, 0) is 6.42 Å². The van der Waals surface area contributed by atoms with Crippen molar-refractivity contribution in [2.24, 2.45) is 4.99 Å². The van der Waals surface area contributed by atoms with E-state index >= 15 is 0 Å². The normalized spacial score (nSPS) is 15.7. The van der Waals surface area contributed by atoms with Crippen molar-refractivity contribution < 1.29 is 9.47 Å². The van der Waals surface area contributed by atoms with E-state index in [-0.39, 0.29) is 30.1 Å². The molecule has 154 valence electrons. The smallest absolute Gasteiger partial charge is 0.191 e. The van der Waals surface area contributed by atoms with Crippen molar-refractivity contribution in [1.82, 2.24) is 15.6 Å². The quantitative estimate of drug-likeness (QED) is 0.281. The zero-order valence-electron chi connectivity index (χ0n) is 16.7. The number of aryl methyl sites for hydroxylation is 1. The van der Waals surface area contributed by atoms with E-state index in [4.69, 9.17) is 9.47 Å². The first-order chi connectivity index (χ1) is 13.7. The predicted molar refractivity (Wildman–Crippen MR) is 128 cm³/mol. The van der Waals surface area contributed by atoms with Gasteiger partial charge in [-0.2, -0.15) is 0 Å². The first-order valence-corrected chi connectivity index (χ1v) is 9.63. The first kappa shape index (κ1) is 21.3. The van der Waals surface area contributed by atoms with Gasteiger partial charge in [-0.05, 0) is 42.7 Å². The molecule has 0 fully saturated rings. The summed E-state index contributed by atoms with van der Waals surface area (Å²) in [6, 6.07) is 14.1. The van der Waals surface area contributed by atoms with Crippen LogP contribution in [0.3, 0.4) is 0 Å². The second-order valence-electron chi connectivity index (χ2n) is 6.94. The highest BCUT2D eigenvalue weighted by Gasteiger charge is 2.20. The summed E-state index contributed by atoms with van der Waals surface area (Å²) in [6.45, 7) is 4.10. The van der Waals surface area contributed by atoms with Gasteiger partial charge in [-0.15, -0.1) is 24.0 Å². The molecule has 2 heterocycles. The highest BCUT2D eigenvalue weighted by molar-refractivity contribution is 14.0. The molecule has 0 spiro atoms. The lowest BCUT2D eigenvalue weighted by atomic mass is 10.1. The number of aromatic nitrogens is 1. The summed E-state index contributed by atoms with van der Waals surface area (Å²) in [7, 11) is 1.78. The van der Waals surface area contributed by atoms with Crippen LogP contribution in [0.2, 0.25) is 0 Å². The second-order valence-corrected chi connectivity index (χ2v) is 6.94. The Hall–Kier alpha value is -2.42. The molecule has 1 aliphatic rings. The number of ether oxygens (including phenoxy) is 2. The highest BCUT2D eigenvalue weighted by Crippen LogP contribution is 2.30. The molecule has 1 atom stereocenters. The Labute approximate surface area is 188 Å². The largest absolute Gasteiger partial charge is 0.486 e. The van der Waals surface area contributed by atoms with E-state index < -0.39 is 0 Å². The van der Waals surface area contributed by atoms with Crippen LogP contribution in [0.1, 0.15) is 11.1 Å². The van der Waals surface area contributed by atoms with Crippen LogP contribution >= 0.6 is 24.0 Å². The number of hydrogen-bond acceptors (Lipinski definition) is 3. The first-order valence-electron chi connectivity index (χ1n) is 9.63. The Morgan fingerprint density at radius 1 is 1.14 bits per heavy atom. The van der Waals surface area contributed by atoms with Crippen LogP contribution < -0.4 is 20.1 Å². The second kappa shape index (κ2) is 9.87. The van der Waals surface area contributed by atoms with Crippen molar-refractivity contribution in [3.63, 3.8) is 0 Å². The molecular weight excluding hydrogens is 479 g/mol. The van der Waals surface area contributed by atoms with Gasteiger partial charge in [-0.1, -0.05) is 24.3 Å². The SMILES string of the molecule is CN=C(NCCc1c[nH]c2cccc(C)c12)NCC1COc2ccccc2O1.I. The maximum Gasteiger partial charge on any atom is 0.191 e. The summed E-state index contributed by atoms with van der Waals surface area (Å²) in [6.07, 6.45) is 2.96. The number of nitrogens with zero attached hydrogens (tertiary/aromatic N) is 1. The Morgan fingerprint density at radius 3 is 2.79 bits per heavy atom. The molecule has 3 aromatic rings. The van der Waals surface area contributed by atoms with Crippen molar-refractivity contribution in [2.45, 2.75) is 19.4 Å². The van der Waals surface area contributed by atoms with Crippen molar-refractivity contribution in [3.8, 4) is 11.5 Å². The molecule has 3 N–H and O–H groups in total. The van der Waals surface area contributed by atoms with Crippen LogP contribution in [0, 0.1) is 6.92 Å². The minimum atomic E-state index is -0.0512. The topological polar surface area (TPSA) is 70.7 Å². The van der Waals surface area contributed by atoms with Gasteiger partial charge in [0.2, 0.25) is 0 Å². The number of aromatic amines is 1. The number of para-hydroxylation sites is 2. The third kappa shape index (κ3) is 4.95. The third-order valence-electron chi connectivity index (χ3n) is 4.97. The van der Waals surface area contributed by atoms with Crippen LogP contribution in [0.25, 0.3) is 10.9 Å². The maximum absolute atomic E-state index is 5.98. The lowest BCUT2D eigenvalue weighted by molar-refractivity contribution is 0.0936. The van der Waals surface area contributed by atoms with Gasteiger partial charge in [0.05, 0.1) is 6.54 Å². The molecule has 7 heteroatoms. The molecule has 0 saturated carbocycles. The fourth-order valence-corrected chi connectivity index (χ4v) is 3.56. The molecule has 2 aromatic carbocycles. The summed E-state index contributed by atoms with van der Waals surface area (Å²) >= 11 is 0. The Balaban J connectivity index is 0.00000240. The van der Waals surface area contributed by atoms with Gasteiger partial charge in [-0.25, -0.2) is 0 Å². The molecule has 1 unspecified atom stereocenters. The number of H-pyrrole nitrogens is 1. The van der Waals surface area contributed by atoms with Gasteiger partial charge >= 0.3 is 0 Å². The van der Waals surface area contributed by atoms with Gasteiger partial charge in [0.25, 0.3) is 0 Å². The average Bonchev–Trinajstić information content (AvgIpc) is 3.15. The van der Waals surface area contributed by atoms with Crippen molar-refractivity contribution in [3.05, 3.63) is 59.8 Å². The van der Waals surface area contributed by atoms with Gasteiger partial charge in [0.1, 0.15) is 12.7 Å². The molecule has 0 aliphatic carbocycles. The standard InChI is InChI=1S/C22H26N4O2.HI/c1-15-6-5-7-18-21(15)16(12-25-18)10-11-24-22(23-2)26-13-17-14-27-19-8-3-4-9-20(19)28-17;/h3-9,12,17,25H,10-11,13-14H2,1-2H3,(H2,23,24,26);1H. The molecule has 0 saturated heterocycles. The minimum absolute atomic E-state index is 0. The van der Waals surface area contributed by atoms with Gasteiger partial charge < -0.3 is 25.1 Å². The summed E-state index contributed by atoms with van der Waals surface area (Å²) in [5.74, 6) is 2.35. The van der Waals surface area contributed by atoms with E-state index in [2.05, 4.69) is 51.9 Å². The lowest BCUT2D eigenvalue weighted by Crippen LogP contribution is -2.45. The molecule has 29 heavy (non-hydrogen) atoms. The zero-order chi connectivity index (χ0) is 19.3. The minimum Gasteiger partial charge on any atom is -0.486 e. The van der Waals surface area contributed by atoms with Gasteiger partial charge in [-0.3, -0.25) is 4.99 Å². The summed E-state index contributed by atoms with van der Waals surface area (Å²) < 4.78 is 11.7. The van der Waals surface area contributed by atoms with Crippen molar-refractivity contribution in [2.75, 3.05) is 26.7 Å². The zero-order valence-corrected chi connectivity index (χ0v) is 19.0. The Kier molecular flexibility index (Phi) is 7.24. The molecule has 0 bridgehead atoms. The highest BCUT2D eigenvalue weighted by atomic mass is 127. The predicted octanol–water partition coefficient (Wildman–Crippen LogP) is 3.64. The molecule has 0 amide bonds. The van der Waals surface area contributed by atoms with Crippen molar-refractivity contribution >= 4 is 40.8 Å². The molecule has 6 nitrogen and oxygen atoms in total. The van der Waals surface area contributed by atoms with Crippen LogP contribution in [-0.4, -0.2) is 43.8 Å². The fraction of sp³-hybridized carbons (Fsp3) is 0.318. The number of benzene rings is 2. The number of guanidine groups is 1. The van der Waals surface area contributed by atoms with Crippen LogP contribution in [0.15, 0.2) is 53.7 Å². The number of halogens is 1. The summed E-state index contributed by atoms with van der Waals surface area (Å²) in [5.41, 5.74) is 3.80. The van der Waals surface area contributed by atoms with E-state index in [1.54, 1.807) is 7.05 Å². The van der Waals surface area contributed by atoms with Crippen LogP contribution in [0.5, 0.6) is 11.5 Å². The third-order valence-corrected chi connectivity index (χ3v) is 4.97. The van der Waals surface area contributed by atoms with Crippen LogP contribution in [0.4, 0.5) is 0 Å². The molecule has 1 aromatic heterocycles. The van der Waals surface area contributed by atoms with Gasteiger partial charge in [0, 0.05) is 30.7 Å². The number of aliphatic imine (C=N–C) groups is 1. The van der Waals surface area contributed by atoms with E-state index in [0.717, 1.165) is 30.4 Å². The monoisotopic (exact) mass is 506 g/mol. The Morgan fingerprint density at radius 2 is 1.97 bits per heavy atom. The van der Waals surface area contributed by atoms with E-state index in [9.17, 15) is 0 Å². The molecular formula is C22H27IN4O2. The number of nitrogens with one attached hydrogen (secondary N) is 3. The van der Waals surface area contributed by atoms with E-state index in [0.29, 0.717) is 13.2 Å². The number of hydrogen-bond donors (Lipinski definition) is 3. The maximum atomic E-state index is 5.98. The molecule has 1 aliphatic heterocycles. The van der Waals surface area contributed by atoms with Crippen molar-refractivity contribution in [1.29, 1.82) is 0 Å². The number of rotatable bonds is 5. The average molecular weight is 506 g/mol.